The molecule has 0 aromatic rings. The van der Waals surface area contributed by atoms with Gasteiger partial charge in [0.15, 0.2) is 0 Å². The molecule has 4 nitrogen and oxygen atoms in total. The number of hydrogen-bond donors (Lipinski definition) is 2. The Morgan fingerprint density at radius 1 is 1.46 bits per heavy atom. The van der Waals surface area contributed by atoms with Crippen LogP contribution in [-0.2, 0) is 9.59 Å². The monoisotopic (exact) mass is 187 g/mol. The normalized spacial score (nSPS) is 14.9. The topological polar surface area (TPSA) is 80.4 Å². The van der Waals surface area contributed by atoms with Gasteiger partial charge in [-0.25, -0.2) is 0 Å². The zero-order chi connectivity index (χ0) is 10.4. The van der Waals surface area contributed by atoms with Crippen LogP contribution in [0.3, 0.4) is 0 Å². The number of nitrogens with two attached hydrogens (primary N) is 1. The Hall–Kier alpha value is -1.06. The van der Waals surface area contributed by atoms with Crippen LogP contribution in [0.2, 0.25) is 0 Å². The van der Waals surface area contributed by atoms with Crippen molar-refractivity contribution in [3.05, 3.63) is 0 Å². The Kier molecular flexibility index (Phi) is 5.11. The fraction of sp³-hybridized carbons (Fsp3) is 0.778. The van der Waals surface area contributed by atoms with Crippen molar-refractivity contribution in [2.75, 3.05) is 0 Å². The SMILES string of the molecule is CCCC(CC(N)=O)[C@H](C)C(=O)O. The van der Waals surface area contributed by atoms with E-state index in [4.69, 9.17) is 10.8 Å². The van der Waals surface area contributed by atoms with Crippen molar-refractivity contribution in [1.29, 1.82) is 0 Å². The molecular formula is C9H17NO3. The molecule has 0 spiro atoms. The van der Waals surface area contributed by atoms with Gasteiger partial charge in [0.05, 0.1) is 5.92 Å². The highest BCUT2D eigenvalue weighted by molar-refractivity contribution is 5.76. The average molecular weight is 187 g/mol. The Morgan fingerprint density at radius 3 is 2.31 bits per heavy atom. The summed E-state index contributed by atoms with van der Waals surface area (Å²) >= 11 is 0. The highest BCUT2D eigenvalue weighted by Crippen LogP contribution is 2.21. The summed E-state index contributed by atoms with van der Waals surface area (Å²) < 4.78 is 0. The van der Waals surface area contributed by atoms with Crippen molar-refractivity contribution in [3.8, 4) is 0 Å². The number of amides is 1. The van der Waals surface area contributed by atoms with Crippen LogP contribution < -0.4 is 5.73 Å². The molecule has 13 heavy (non-hydrogen) atoms. The maximum absolute atomic E-state index is 10.6. The molecule has 3 N–H and O–H groups in total. The molecule has 0 aromatic carbocycles. The quantitative estimate of drug-likeness (QED) is 0.650. The summed E-state index contributed by atoms with van der Waals surface area (Å²) in [4.78, 5) is 21.3. The van der Waals surface area contributed by atoms with Gasteiger partial charge in [-0.05, 0) is 12.3 Å². The van der Waals surface area contributed by atoms with Crippen molar-refractivity contribution < 1.29 is 14.7 Å². The van der Waals surface area contributed by atoms with Gasteiger partial charge in [0, 0.05) is 6.42 Å². The second kappa shape index (κ2) is 5.56. The van der Waals surface area contributed by atoms with Crippen molar-refractivity contribution in [2.24, 2.45) is 17.6 Å². The molecule has 1 amide bonds. The molecule has 0 aliphatic heterocycles. The number of carboxylic acids is 1. The van der Waals surface area contributed by atoms with E-state index < -0.39 is 17.8 Å². The minimum Gasteiger partial charge on any atom is -0.481 e. The molecule has 0 saturated carbocycles. The van der Waals surface area contributed by atoms with Crippen LogP contribution in [0, 0.1) is 11.8 Å². The molecule has 0 rings (SSSR count). The number of rotatable bonds is 6. The number of primary amides is 1. The fourth-order valence-electron chi connectivity index (χ4n) is 1.36. The van der Waals surface area contributed by atoms with E-state index in [1.165, 1.54) is 0 Å². The molecule has 4 heteroatoms. The van der Waals surface area contributed by atoms with Crippen LogP contribution >= 0.6 is 0 Å². The number of carbonyl (C=O) groups is 2. The summed E-state index contributed by atoms with van der Waals surface area (Å²) in [5.74, 6) is -1.90. The molecular weight excluding hydrogens is 170 g/mol. The lowest BCUT2D eigenvalue weighted by molar-refractivity contribution is -0.143. The first-order valence-electron chi connectivity index (χ1n) is 4.50. The van der Waals surface area contributed by atoms with Gasteiger partial charge in [-0.1, -0.05) is 20.3 Å². The van der Waals surface area contributed by atoms with Crippen molar-refractivity contribution in [2.45, 2.75) is 33.1 Å². The summed E-state index contributed by atoms with van der Waals surface area (Å²) in [7, 11) is 0. The number of carboxylic acid groups (broad SMARTS) is 1. The standard InChI is InChI=1S/C9H17NO3/c1-3-4-7(5-8(10)11)6(2)9(12)13/h6-7H,3-5H2,1-2H3,(H2,10,11)(H,12,13)/t6-,7?/m0/s1. The molecule has 0 saturated heterocycles. The number of carbonyl (C=O) groups excluding carboxylic acids is 1. The van der Waals surface area contributed by atoms with E-state index >= 15 is 0 Å². The highest BCUT2D eigenvalue weighted by Gasteiger charge is 2.24. The van der Waals surface area contributed by atoms with Crippen LogP contribution in [0.1, 0.15) is 33.1 Å². The summed E-state index contributed by atoms with van der Waals surface area (Å²) in [6, 6.07) is 0. The van der Waals surface area contributed by atoms with E-state index in [2.05, 4.69) is 0 Å². The molecule has 0 fully saturated rings. The summed E-state index contributed by atoms with van der Waals surface area (Å²) in [6.45, 7) is 3.58. The largest absolute Gasteiger partial charge is 0.481 e. The third kappa shape index (κ3) is 4.50. The maximum Gasteiger partial charge on any atom is 0.306 e. The van der Waals surface area contributed by atoms with Gasteiger partial charge < -0.3 is 10.8 Å². The minimum atomic E-state index is -0.861. The van der Waals surface area contributed by atoms with Gasteiger partial charge in [0.25, 0.3) is 0 Å². The molecule has 2 atom stereocenters. The van der Waals surface area contributed by atoms with Gasteiger partial charge in [0.2, 0.25) is 5.91 Å². The molecule has 0 heterocycles. The molecule has 0 aliphatic rings. The molecule has 0 aliphatic carbocycles. The van der Waals surface area contributed by atoms with E-state index in [-0.39, 0.29) is 12.3 Å². The lowest BCUT2D eigenvalue weighted by Gasteiger charge is -2.18. The van der Waals surface area contributed by atoms with Gasteiger partial charge in [-0.15, -0.1) is 0 Å². The number of hydrogen-bond acceptors (Lipinski definition) is 2. The zero-order valence-electron chi connectivity index (χ0n) is 8.12. The van der Waals surface area contributed by atoms with Crippen LogP contribution in [0.5, 0.6) is 0 Å². The first kappa shape index (κ1) is 11.9. The van der Waals surface area contributed by atoms with Crippen molar-refractivity contribution in [1.82, 2.24) is 0 Å². The summed E-state index contributed by atoms with van der Waals surface area (Å²) in [5.41, 5.74) is 5.03. The summed E-state index contributed by atoms with van der Waals surface area (Å²) in [5, 5.41) is 8.74. The Labute approximate surface area is 78.1 Å². The second-order valence-corrected chi connectivity index (χ2v) is 3.35. The molecule has 1 unspecified atom stereocenters. The first-order chi connectivity index (χ1) is 5.99. The van der Waals surface area contributed by atoms with E-state index in [1.54, 1.807) is 6.92 Å². The lowest BCUT2D eigenvalue weighted by atomic mass is 9.87. The van der Waals surface area contributed by atoms with Gasteiger partial charge in [-0.3, -0.25) is 9.59 Å². The number of aliphatic carboxylic acids is 1. The van der Waals surface area contributed by atoms with Crippen LogP contribution in [0.15, 0.2) is 0 Å². The van der Waals surface area contributed by atoms with Gasteiger partial charge >= 0.3 is 5.97 Å². The third-order valence-electron chi connectivity index (χ3n) is 2.22. The van der Waals surface area contributed by atoms with E-state index in [9.17, 15) is 9.59 Å². The van der Waals surface area contributed by atoms with E-state index in [1.807, 2.05) is 6.92 Å². The van der Waals surface area contributed by atoms with Gasteiger partial charge in [0.1, 0.15) is 0 Å². The Morgan fingerprint density at radius 2 is 2.00 bits per heavy atom. The van der Waals surface area contributed by atoms with E-state index in [0.29, 0.717) is 0 Å². The minimum absolute atomic E-state index is 0.125. The molecule has 0 bridgehead atoms. The highest BCUT2D eigenvalue weighted by atomic mass is 16.4. The van der Waals surface area contributed by atoms with E-state index in [0.717, 1.165) is 12.8 Å². The smallest absolute Gasteiger partial charge is 0.306 e. The molecule has 76 valence electrons. The zero-order valence-corrected chi connectivity index (χ0v) is 8.12. The lowest BCUT2D eigenvalue weighted by Crippen LogP contribution is -2.25. The predicted molar refractivity (Wildman–Crippen MR) is 49.0 cm³/mol. The third-order valence-corrected chi connectivity index (χ3v) is 2.22. The molecule has 0 radical (unpaired) electrons. The molecule has 0 aromatic heterocycles. The van der Waals surface area contributed by atoms with Crippen molar-refractivity contribution >= 4 is 11.9 Å². The van der Waals surface area contributed by atoms with Crippen molar-refractivity contribution in [3.63, 3.8) is 0 Å². The van der Waals surface area contributed by atoms with Crippen LogP contribution in [0.4, 0.5) is 0 Å². The average Bonchev–Trinajstić information content (AvgIpc) is 2.01. The summed E-state index contributed by atoms with van der Waals surface area (Å²) in [6.07, 6.45) is 1.77. The first-order valence-corrected chi connectivity index (χ1v) is 4.50. The van der Waals surface area contributed by atoms with Crippen LogP contribution in [0.25, 0.3) is 0 Å². The van der Waals surface area contributed by atoms with Crippen LogP contribution in [-0.4, -0.2) is 17.0 Å². The Bertz CT molecular complexity index is 191. The predicted octanol–water partition coefficient (Wildman–Crippen LogP) is 0.999. The second-order valence-electron chi connectivity index (χ2n) is 3.35. The Balaban J connectivity index is 4.22. The maximum atomic E-state index is 10.6. The van der Waals surface area contributed by atoms with Gasteiger partial charge in [-0.2, -0.15) is 0 Å². The fourth-order valence-corrected chi connectivity index (χ4v) is 1.36.